The summed E-state index contributed by atoms with van der Waals surface area (Å²) in [6.45, 7) is 6.59. The molecule has 0 spiro atoms. The Kier molecular flexibility index (Phi) is 5.88. The third-order valence-electron chi connectivity index (χ3n) is 2.77. The molecule has 90 valence electrons. The molecule has 0 saturated carbocycles. The first-order valence-corrected chi connectivity index (χ1v) is 6.86. The van der Waals surface area contributed by atoms with E-state index in [1.54, 1.807) is 0 Å². The van der Waals surface area contributed by atoms with Crippen molar-refractivity contribution in [1.29, 1.82) is 0 Å². The Morgan fingerprint density at radius 2 is 2.19 bits per heavy atom. The molecule has 0 heterocycles. The fraction of sp³-hybridized carbons (Fsp3) is 0.538. The molecule has 1 rings (SSSR count). The molecule has 0 radical (unpaired) electrons. The lowest BCUT2D eigenvalue weighted by atomic mass is 10.1. The van der Waals surface area contributed by atoms with Gasteiger partial charge in [-0.3, -0.25) is 11.3 Å². The minimum absolute atomic E-state index is 0.249. The summed E-state index contributed by atoms with van der Waals surface area (Å²) in [5, 5.41) is 0.695. The van der Waals surface area contributed by atoms with Crippen molar-refractivity contribution in [3.63, 3.8) is 0 Å². The van der Waals surface area contributed by atoms with Crippen molar-refractivity contribution < 1.29 is 0 Å². The number of benzene rings is 1. The first kappa shape index (κ1) is 13.6. The van der Waals surface area contributed by atoms with Crippen LogP contribution in [0.3, 0.4) is 0 Å². The predicted molar refractivity (Wildman–Crippen MR) is 73.5 cm³/mol. The quantitative estimate of drug-likeness (QED) is 0.591. The van der Waals surface area contributed by atoms with E-state index in [0.29, 0.717) is 5.25 Å². The fourth-order valence-corrected chi connectivity index (χ4v) is 2.55. The molecule has 1 aromatic rings. The van der Waals surface area contributed by atoms with Crippen molar-refractivity contribution in [3.8, 4) is 0 Å². The Labute approximate surface area is 103 Å². The lowest BCUT2D eigenvalue weighted by Crippen LogP contribution is -2.30. The Balaban J connectivity index is 2.60. The highest BCUT2D eigenvalue weighted by molar-refractivity contribution is 7.99. The van der Waals surface area contributed by atoms with E-state index in [4.69, 9.17) is 5.84 Å². The smallest absolute Gasteiger partial charge is 0.0550 e. The van der Waals surface area contributed by atoms with Crippen LogP contribution in [-0.4, -0.2) is 11.0 Å². The summed E-state index contributed by atoms with van der Waals surface area (Å²) in [6, 6.07) is 8.77. The van der Waals surface area contributed by atoms with Gasteiger partial charge in [0.1, 0.15) is 0 Å². The maximum absolute atomic E-state index is 5.62. The molecule has 0 aromatic heterocycles. The molecule has 0 aliphatic carbocycles. The third-order valence-corrected chi connectivity index (χ3v) is 4.20. The summed E-state index contributed by atoms with van der Waals surface area (Å²) in [4.78, 5) is 0. The second-order valence-electron chi connectivity index (χ2n) is 4.19. The van der Waals surface area contributed by atoms with E-state index in [1.165, 1.54) is 17.5 Å². The van der Waals surface area contributed by atoms with Crippen LogP contribution in [0.4, 0.5) is 0 Å². The lowest BCUT2D eigenvalue weighted by molar-refractivity contribution is 0.609. The van der Waals surface area contributed by atoms with Gasteiger partial charge in [-0.1, -0.05) is 43.7 Å². The van der Waals surface area contributed by atoms with Gasteiger partial charge in [-0.2, -0.15) is 11.8 Å². The summed E-state index contributed by atoms with van der Waals surface area (Å²) in [5.41, 5.74) is 5.46. The van der Waals surface area contributed by atoms with Crippen molar-refractivity contribution in [1.82, 2.24) is 5.43 Å². The summed E-state index contributed by atoms with van der Waals surface area (Å²) in [7, 11) is 0. The predicted octanol–water partition coefficient (Wildman–Crippen LogP) is 3.03. The number of nitrogens with two attached hydrogens (primary N) is 1. The molecule has 3 heteroatoms. The van der Waals surface area contributed by atoms with Gasteiger partial charge in [0, 0.05) is 11.0 Å². The highest BCUT2D eigenvalue weighted by Crippen LogP contribution is 2.22. The molecule has 0 aliphatic heterocycles. The van der Waals surface area contributed by atoms with Gasteiger partial charge in [-0.25, -0.2) is 0 Å². The zero-order valence-electron chi connectivity index (χ0n) is 10.4. The molecule has 0 fully saturated rings. The Bertz CT molecular complexity index is 315. The monoisotopic (exact) mass is 238 g/mol. The molecule has 0 aliphatic rings. The van der Waals surface area contributed by atoms with E-state index in [2.05, 4.69) is 50.5 Å². The van der Waals surface area contributed by atoms with E-state index >= 15 is 0 Å². The van der Waals surface area contributed by atoms with Gasteiger partial charge in [-0.15, -0.1) is 0 Å². The van der Waals surface area contributed by atoms with Gasteiger partial charge in [0.15, 0.2) is 0 Å². The number of nitrogens with one attached hydrogen (secondary N) is 1. The lowest BCUT2D eigenvalue weighted by Gasteiger charge is -2.18. The average Bonchev–Trinajstić information content (AvgIpc) is 2.29. The molecule has 0 saturated heterocycles. The molecule has 0 amide bonds. The standard InChI is InChI=1S/C13H22N2S/c1-4-11(3)16-9-13(15-14)12-7-5-6-10(2)8-12/h5-8,11,13,15H,4,9,14H2,1-3H3. The van der Waals surface area contributed by atoms with Crippen LogP contribution in [0.15, 0.2) is 24.3 Å². The van der Waals surface area contributed by atoms with E-state index in [0.717, 1.165) is 5.75 Å². The summed E-state index contributed by atoms with van der Waals surface area (Å²) < 4.78 is 0. The van der Waals surface area contributed by atoms with Crippen LogP contribution in [-0.2, 0) is 0 Å². The molecular weight excluding hydrogens is 216 g/mol. The number of hydrazine groups is 1. The highest BCUT2D eigenvalue weighted by atomic mass is 32.2. The molecule has 0 bridgehead atoms. The van der Waals surface area contributed by atoms with Crippen LogP contribution in [0.5, 0.6) is 0 Å². The number of rotatable bonds is 6. The summed E-state index contributed by atoms with van der Waals surface area (Å²) in [5.74, 6) is 6.64. The largest absolute Gasteiger partial charge is 0.271 e. The average molecular weight is 238 g/mol. The maximum atomic E-state index is 5.62. The number of thioether (sulfide) groups is 1. The van der Waals surface area contributed by atoms with E-state index < -0.39 is 0 Å². The first-order valence-electron chi connectivity index (χ1n) is 5.81. The van der Waals surface area contributed by atoms with Gasteiger partial charge in [0.05, 0.1) is 6.04 Å². The summed E-state index contributed by atoms with van der Waals surface area (Å²) >= 11 is 1.97. The normalized spacial score (nSPS) is 14.8. The van der Waals surface area contributed by atoms with Crippen LogP contribution in [0.25, 0.3) is 0 Å². The minimum atomic E-state index is 0.249. The Morgan fingerprint density at radius 3 is 2.75 bits per heavy atom. The minimum Gasteiger partial charge on any atom is -0.271 e. The van der Waals surface area contributed by atoms with Crippen molar-refractivity contribution >= 4 is 11.8 Å². The van der Waals surface area contributed by atoms with Crippen molar-refractivity contribution in [2.75, 3.05) is 5.75 Å². The molecule has 2 nitrogen and oxygen atoms in total. The van der Waals surface area contributed by atoms with E-state index in [9.17, 15) is 0 Å². The molecule has 16 heavy (non-hydrogen) atoms. The van der Waals surface area contributed by atoms with E-state index in [-0.39, 0.29) is 6.04 Å². The van der Waals surface area contributed by atoms with Crippen molar-refractivity contribution in [3.05, 3.63) is 35.4 Å². The highest BCUT2D eigenvalue weighted by Gasteiger charge is 2.11. The van der Waals surface area contributed by atoms with Crippen LogP contribution in [0, 0.1) is 6.92 Å². The second kappa shape index (κ2) is 6.94. The van der Waals surface area contributed by atoms with Crippen molar-refractivity contribution in [2.24, 2.45) is 5.84 Å². The molecular formula is C13H22N2S. The van der Waals surface area contributed by atoms with Crippen LogP contribution >= 0.6 is 11.8 Å². The number of aryl methyl sites for hydroxylation is 1. The van der Waals surface area contributed by atoms with Gasteiger partial charge in [0.2, 0.25) is 0 Å². The fourth-order valence-electron chi connectivity index (χ4n) is 1.51. The second-order valence-corrected chi connectivity index (χ2v) is 5.66. The zero-order chi connectivity index (χ0) is 12.0. The van der Waals surface area contributed by atoms with Crippen LogP contribution in [0.1, 0.15) is 37.4 Å². The van der Waals surface area contributed by atoms with Crippen molar-refractivity contribution in [2.45, 2.75) is 38.5 Å². The van der Waals surface area contributed by atoms with Gasteiger partial charge >= 0.3 is 0 Å². The maximum Gasteiger partial charge on any atom is 0.0550 e. The SMILES string of the molecule is CCC(C)SCC(NN)c1cccc(C)c1. The Hall–Kier alpha value is -0.510. The Morgan fingerprint density at radius 1 is 1.44 bits per heavy atom. The number of hydrogen-bond donors (Lipinski definition) is 2. The first-order chi connectivity index (χ1) is 7.67. The molecule has 3 N–H and O–H groups in total. The third kappa shape index (κ3) is 4.16. The van der Waals surface area contributed by atoms with E-state index in [1.807, 2.05) is 11.8 Å². The molecule has 2 unspecified atom stereocenters. The van der Waals surface area contributed by atoms with Gasteiger partial charge in [0.25, 0.3) is 0 Å². The molecule has 1 aromatic carbocycles. The molecule has 2 atom stereocenters. The van der Waals surface area contributed by atoms with Gasteiger partial charge < -0.3 is 0 Å². The van der Waals surface area contributed by atoms with Crippen LogP contribution in [0.2, 0.25) is 0 Å². The topological polar surface area (TPSA) is 38.0 Å². The van der Waals surface area contributed by atoms with Gasteiger partial charge in [-0.05, 0) is 18.9 Å². The summed E-state index contributed by atoms with van der Waals surface area (Å²) in [6.07, 6.45) is 1.20. The zero-order valence-corrected chi connectivity index (χ0v) is 11.2. The number of hydrogen-bond acceptors (Lipinski definition) is 3. The van der Waals surface area contributed by atoms with Crippen LogP contribution < -0.4 is 11.3 Å².